The lowest BCUT2D eigenvalue weighted by Gasteiger charge is -2.28. The van der Waals surface area contributed by atoms with E-state index in [4.69, 9.17) is 0 Å². The van der Waals surface area contributed by atoms with Gasteiger partial charge in [-0.25, -0.2) is 4.98 Å². The molecule has 3 N–H and O–H groups in total. The van der Waals surface area contributed by atoms with E-state index < -0.39 is 0 Å². The summed E-state index contributed by atoms with van der Waals surface area (Å²) in [6, 6.07) is 4.71. The SMILES string of the molecule is CNc1cnc2[nH]c(-c3cnn(C4CNC4)c3C)cc2c1. The lowest BCUT2D eigenvalue weighted by atomic mass is 10.1. The topological polar surface area (TPSA) is 70.6 Å². The summed E-state index contributed by atoms with van der Waals surface area (Å²) in [5.41, 5.74) is 5.33. The monoisotopic (exact) mass is 282 g/mol. The van der Waals surface area contributed by atoms with Crippen molar-refractivity contribution in [2.24, 2.45) is 0 Å². The normalized spacial score (nSPS) is 15.3. The van der Waals surface area contributed by atoms with Crippen molar-refractivity contribution in [2.75, 3.05) is 25.5 Å². The largest absolute Gasteiger partial charge is 0.387 e. The second kappa shape index (κ2) is 4.60. The minimum Gasteiger partial charge on any atom is -0.387 e. The number of nitrogens with one attached hydrogen (secondary N) is 3. The highest BCUT2D eigenvalue weighted by Gasteiger charge is 2.22. The number of aromatic nitrogens is 4. The fourth-order valence-corrected chi connectivity index (χ4v) is 2.80. The molecule has 0 radical (unpaired) electrons. The molecule has 1 aliphatic heterocycles. The first-order chi connectivity index (χ1) is 10.3. The molecule has 0 bridgehead atoms. The van der Waals surface area contributed by atoms with E-state index in [1.807, 2.05) is 19.4 Å². The third-order valence-electron chi connectivity index (χ3n) is 4.20. The molecule has 0 aromatic carbocycles. The summed E-state index contributed by atoms with van der Waals surface area (Å²) in [6.45, 7) is 4.13. The average molecular weight is 282 g/mol. The number of hydrogen-bond donors (Lipinski definition) is 3. The second-order valence-corrected chi connectivity index (χ2v) is 5.50. The van der Waals surface area contributed by atoms with Crippen molar-refractivity contribution in [3.05, 3.63) is 30.2 Å². The molecular weight excluding hydrogens is 264 g/mol. The van der Waals surface area contributed by atoms with Crippen molar-refractivity contribution in [1.29, 1.82) is 0 Å². The van der Waals surface area contributed by atoms with Crippen LogP contribution >= 0.6 is 0 Å². The molecule has 4 heterocycles. The lowest BCUT2D eigenvalue weighted by molar-refractivity contribution is 0.313. The van der Waals surface area contributed by atoms with Gasteiger partial charge >= 0.3 is 0 Å². The number of pyridine rings is 1. The molecule has 3 aromatic heterocycles. The highest BCUT2D eigenvalue weighted by atomic mass is 15.3. The molecule has 1 fully saturated rings. The van der Waals surface area contributed by atoms with E-state index in [2.05, 4.69) is 49.4 Å². The summed E-state index contributed by atoms with van der Waals surface area (Å²) in [5, 5.41) is 12.0. The van der Waals surface area contributed by atoms with E-state index in [1.165, 1.54) is 5.69 Å². The molecule has 21 heavy (non-hydrogen) atoms. The van der Waals surface area contributed by atoms with E-state index in [0.29, 0.717) is 6.04 Å². The van der Waals surface area contributed by atoms with Gasteiger partial charge in [0.05, 0.1) is 29.8 Å². The number of aromatic amines is 1. The van der Waals surface area contributed by atoms with E-state index in [-0.39, 0.29) is 0 Å². The van der Waals surface area contributed by atoms with Crippen molar-refractivity contribution in [3.8, 4) is 11.3 Å². The van der Waals surface area contributed by atoms with Crippen LogP contribution < -0.4 is 10.6 Å². The Bertz CT molecular complexity index is 796. The first-order valence-electron chi connectivity index (χ1n) is 7.18. The first kappa shape index (κ1) is 12.4. The molecule has 0 unspecified atom stereocenters. The number of H-pyrrole nitrogens is 1. The molecule has 1 saturated heterocycles. The van der Waals surface area contributed by atoms with Crippen LogP contribution in [0.5, 0.6) is 0 Å². The minimum atomic E-state index is 0.483. The summed E-state index contributed by atoms with van der Waals surface area (Å²) in [6.07, 6.45) is 3.77. The fourth-order valence-electron chi connectivity index (χ4n) is 2.80. The van der Waals surface area contributed by atoms with Crippen molar-refractivity contribution >= 4 is 16.7 Å². The van der Waals surface area contributed by atoms with Gasteiger partial charge in [0.2, 0.25) is 0 Å². The zero-order valence-corrected chi connectivity index (χ0v) is 12.1. The smallest absolute Gasteiger partial charge is 0.137 e. The van der Waals surface area contributed by atoms with E-state index >= 15 is 0 Å². The number of fused-ring (bicyclic) bond motifs is 1. The van der Waals surface area contributed by atoms with Gasteiger partial charge in [0.25, 0.3) is 0 Å². The van der Waals surface area contributed by atoms with Gasteiger partial charge in [-0.15, -0.1) is 0 Å². The van der Waals surface area contributed by atoms with Gasteiger partial charge in [-0.05, 0) is 19.1 Å². The van der Waals surface area contributed by atoms with Gasteiger partial charge in [-0.2, -0.15) is 5.10 Å². The van der Waals surface area contributed by atoms with Gasteiger partial charge in [-0.1, -0.05) is 0 Å². The van der Waals surface area contributed by atoms with E-state index in [1.54, 1.807) is 0 Å². The maximum Gasteiger partial charge on any atom is 0.137 e. The Morgan fingerprint density at radius 2 is 2.14 bits per heavy atom. The molecule has 0 aliphatic carbocycles. The maximum absolute atomic E-state index is 4.54. The molecule has 6 nitrogen and oxygen atoms in total. The minimum absolute atomic E-state index is 0.483. The van der Waals surface area contributed by atoms with Gasteiger partial charge in [0.1, 0.15) is 5.65 Å². The Morgan fingerprint density at radius 1 is 1.29 bits per heavy atom. The quantitative estimate of drug-likeness (QED) is 0.686. The zero-order valence-electron chi connectivity index (χ0n) is 12.1. The zero-order chi connectivity index (χ0) is 14.4. The van der Waals surface area contributed by atoms with Crippen LogP contribution in [-0.4, -0.2) is 39.9 Å². The third-order valence-corrected chi connectivity index (χ3v) is 4.20. The van der Waals surface area contributed by atoms with Crippen LogP contribution in [0.4, 0.5) is 5.69 Å². The van der Waals surface area contributed by atoms with Gasteiger partial charge < -0.3 is 15.6 Å². The molecular formula is C15H18N6. The molecule has 0 atom stereocenters. The molecule has 4 rings (SSSR count). The van der Waals surface area contributed by atoms with Crippen LogP contribution in [0.2, 0.25) is 0 Å². The molecule has 3 aromatic rings. The second-order valence-electron chi connectivity index (χ2n) is 5.50. The Balaban J connectivity index is 1.77. The molecule has 0 spiro atoms. The highest BCUT2D eigenvalue weighted by molar-refractivity contribution is 5.85. The Labute approximate surface area is 122 Å². The third kappa shape index (κ3) is 1.91. The molecule has 108 valence electrons. The summed E-state index contributed by atoms with van der Waals surface area (Å²) >= 11 is 0. The number of anilines is 1. The van der Waals surface area contributed by atoms with Crippen molar-refractivity contribution in [3.63, 3.8) is 0 Å². The van der Waals surface area contributed by atoms with Gasteiger partial charge in [0, 0.05) is 36.8 Å². The van der Waals surface area contributed by atoms with Gasteiger partial charge in [-0.3, -0.25) is 4.68 Å². The predicted octanol–water partition coefficient (Wildman–Crippen LogP) is 1.92. The van der Waals surface area contributed by atoms with Crippen LogP contribution in [0.3, 0.4) is 0 Å². The van der Waals surface area contributed by atoms with Crippen LogP contribution in [0, 0.1) is 6.92 Å². The van der Waals surface area contributed by atoms with E-state index in [9.17, 15) is 0 Å². The summed E-state index contributed by atoms with van der Waals surface area (Å²) in [4.78, 5) is 7.83. The average Bonchev–Trinajstić information content (AvgIpc) is 3.00. The molecule has 6 heteroatoms. The van der Waals surface area contributed by atoms with E-state index in [0.717, 1.165) is 41.1 Å². The number of nitrogens with zero attached hydrogens (tertiary/aromatic N) is 3. The predicted molar refractivity (Wildman–Crippen MR) is 83.5 cm³/mol. The molecule has 0 amide bonds. The maximum atomic E-state index is 4.54. The lowest BCUT2D eigenvalue weighted by Crippen LogP contribution is -2.44. The fraction of sp³-hybridized carbons (Fsp3) is 0.333. The Hall–Kier alpha value is -2.34. The first-order valence-corrected chi connectivity index (χ1v) is 7.18. The number of hydrogen-bond acceptors (Lipinski definition) is 4. The van der Waals surface area contributed by atoms with Crippen LogP contribution in [0.1, 0.15) is 11.7 Å². The summed E-state index contributed by atoms with van der Waals surface area (Å²) in [7, 11) is 1.90. The van der Waals surface area contributed by atoms with Crippen molar-refractivity contribution in [1.82, 2.24) is 25.1 Å². The number of rotatable bonds is 3. The molecule has 1 aliphatic rings. The van der Waals surface area contributed by atoms with Crippen LogP contribution in [0.25, 0.3) is 22.3 Å². The van der Waals surface area contributed by atoms with Crippen molar-refractivity contribution < 1.29 is 0 Å². The van der Waals surface area contributed by atoms with Gasteiger partial charge in [0.15, 0.2) is 0 Å². The standard InChI is InChI=1S/C15H18N6/c1-9-13(8-19-21(9)12-6-17-7-12)14-4-10-3-11(16-2)5-18-15(10)20-14/h3-5,8,12,16-17H,6-7H2,1-2H3,(H,18,20). The van der Waals surface area contributed by atoms with Crippen LogP contribution in [-0.2, 0) is 0 Å². The Kier molecular flexibility index (Phi) is 2.71. The summed E-state index contributed by atoms with van der Waals surface area (Å²) in [5.74, 6) is 0. The molecule has 0 saturated carbocycles. The summed E-state index contributed by atoms with van der Waals surface area (Å²) < 4.78 is 2.11. The Morgan fingerprint density at radius 3 is 2.86 bits per heavy atom. The van der Waals surface area contributed by atoms with Crippen molar-refractivity contribution in [2.45, 2.75) is 13.0 Å². The van der Waals surface area contributed by atoms with Crippen LogP contribution in [0.15, 0.2) is 24.5 Å². The highest BCUT2D eigenvalue weighted by Crippen LogP contribution is 2.28.